The number of carboxylic acid groups (broad SMARTS) is 1. The smallest absolute Gasteiger partial charge is 0.330 e. The number of rotatable bonds is 11. The van der Waals surface area contributed by atoms with E-state index in [1.165, 1.54) is 25.7 Å². The Morgan fingerprint density at radius 2 is 1.57 bits per heavy atom. The van der Waals surface area contributed by atoms with Crippen LogP contribution in [-0.4, -0.2) is 77.0 Å². The van der Waals surface area contributed by atoms with Crippen LogP contribution in [0.1, 0.15) is 73.8 Å². The molecule has 2 amide bonds. The lowest BCUT2D eigenvalue weighted by Gasteiger charge is -2.59. The summed E-state index contributed by atoms with van der Waals surface area (Å²) in [4.78, 5) is 42.4. The number of carbonyl (C=O) groups excluding carboxylic acids is 2. The van der Waals surface area contributed by atoms with E-state index in [9.17, 15) is 19.5 Å². The maximum atomic E-state index is 14.2. The Kier molecular flexibility index (Phi) is 9.13. The van der Waals surface area contributed by atoms with Crippen LogP contribution in [-0.2, 0) is 9.59 Å². The Morgan fingerprint density at radius 3 is 2.16 bits per heavy atom. The maximum Gasteiger partial charge on any atom is 0.330 e. The first-order chi connectivity index (χ1) is 23.7. The topological polar surface area (TPSA) is 135 Å². The fourth-order valence-electron chi connectivity index (χ4n) is 9.38. The van der Waals surface area contributed by atoms with Crippen LogP contribution >= 0.6 is 0 Å². The zero-order valence-electron chi connectivity index (χ0n) is 28.7. The van der Waals surface area contributed by atoms with Crippen LogP contribution < -0.4 is 20.1 Å². The summed E-state index contributed by atoms with van der Waals surface area (Å²) in [5, 5.41) is 21.6. The van der Waals surface area contributed by atoms with E-state index in [2.05, 4.69) is 15.5 Å². The fourth-order valence-corrected chi connectivity index (χ4v) is 9.38. The number of nitrogens with zero attached hydrogens (tertiary/aromatic N) is 3. The summed E-state index contributed by atoms with van der Waals surface area (Å²) in [5.74, 6) is 0.465. The summed E-state index contributed by atoms with van der Waals surface area (Å²) in [5.41, 5.74) is 2.15. The third-order valence-corrected chi connectivity index (χ3v) is 11.5. The van der Waals surface area contributed by atoms with Crippen LogP contribution in [0.2, 0.25) is 0 Å². The SMILES string of the molecule is COc1cccc(OC)c1-c1cc(C(=O)NC2(C(=O)O)C3CC4CC(C3)CC2C4)nn1-c1ccc(NC(=O)CCN2CCCCC2)cc1C. The highest BCUT2D eigenvalue weighted by atomic mass is 16.5. The van der Waals surface area contributed by atoms with E-state index in [4.69, 9.17) is 14.6 Å². The van der Waals surface area contributed by atoms with Gasteiger partial charge in [-0.25, -0.2) is 9.48 Å². The standard InChI is InChI=1S/C38H47N5O6/c1-23-16-28(39-34(44)12-15-42-13-5-4-6-14-42)10-11-30(23)43-31(35-32(48-2)8-7-9-33(35)49-3)22-29(41-43)36(45)40-38(37(46)47)26-18-24-17-25(20-26)21-27(38)19-24/h7-11,16,22,24-27H,4-6,12-15,17-21H2,1-3H3,(H,39,44)(H,40,45)(H,46,47). The van der Waals surface area contributed by atoms with Crippen molar-refractivity contribution in [1.29, 1.82) is 0 Å². The number of amides is 2. The van der Waals surface area contributed by atoms with E-state index in [0.717, 1.165) is 50.9 Å². The van der Waals surface area contributed by atoms with Crippen molar-refractivity contribution in [2.45, 2.75) is 70.3 Å². The maximum absolute atomic E-state index is 14.2. The number of methoxy groups -OCH3 is 2. The van der Waals surface area contributed by atoms with Crippen LogP contribution in [0.4, 0.5) is 5.69 Å². The Bertz CT molecular complexity index is 1690. The van der Waals surface area contributed by atoms with Gasteiger partial charge in [0.15, 0.2) is 5.69 Å². The summed E-state index contributed by atoms with van der Waals surface area (Å²) < 4.78 is 13.2. The largest absolute Gasteiger partial charge is 0.496 e. The van der Waals surface area contributed by atoms with E-state index in [1.54, 1.807) is 25.0 Å². The molecule has 260 valence electrons. The van der Waals surface area contributed by atoms with Crippen molar-refractivity contribution >= 4 is 23.5 Å². The third kappa shape index (κ3) is 6.17. The van der Waals surface area contributed by atoms with Gasteiger partial charge in [0.1, 0.15) is 17.0 Å². The molecule has 1 aromatic heterocycles. The van der Waals surface area contributed by atoms with Gasteiger partial charge in [-0.3, -0.25) is 9.59 Å². The molecule has 0 spiro atoms. The number of carbonyl (C=O) groups is 3. The normalized spacial score (nSPS) is 25.9. The molecule has 11 nitrogen and oxygen atoms in total. The van der Waals surface area contributed by atoms with E-state index in [1.807, 2.05) is 43.3 Å². The second kappa shape index (κ2) is 13.5. The van der Waals surface area contributed by atoms with Gasteiger partial charge >= 0.3 is 5.97 Å². The van der Waals surface area contributed by atoms with E-state index in [0.29, 0.717) is 52.4 Å². The van der Waals surface area contributed by atoms with Crippen LogP contribution in [0.25, 0.3) is 16.9 Å². The molecule has 4 aliphatic carbocycles. The summed E-state index contributed by atoms with van der Waals surface area (Å²) >= 11 is 0. The van der Waals surface area contributed by atoms with Crippen LogP contribution in [0.3, 0.4) is 0 Å². The fraction of sp³-hybridized carbons (Fsp3) is 0.526. The first-order valence-electron chi connectivity index (χ1n) is 17.7. The molecule has 2 heterocycles. The minimum Gasteiger partial charge on any atom is -0.496 e. The minimum atomic E-state index is -1.31. The summed E-state index contributed by atoms with van der Waals surface area (Å²) in [6.45, 7) is 4.77. The van der Waals surface area contributed by atoms with Gasteiger partial charge in [-0.2, -0.15) is 5.10 Å². The number of nitrogens with one attached hydrogen (secondary N) is 2. The number of benzene rings is 2. The molecule has 4 saturated carbocycles. The number of carboxylic acids is 1. The molecule has 49 heavy (non-hydrogen) atoms. The molecule has 2 aromatic carbocycles. The van der Waals surface area contributed by atoms with Crippen molar-refractivity contribution in [1.82, 2.24) is 20.0 Å². The van der Waals surface area contributed by atoms with Gasteiger partial charge in [-0.15, -0.1) is 0 Å². The molecule has 4 bridgehead atoms. The monoisotopic (exact) mass is 669 g/mol. The molecule has 8 rings (SSSR count). The molecule has 0 atom stereocenters. The highest BCUT2D eigenvalue weighted by molar-refractivity contribution is 5.98. The minimum absolute atomic E-state index is 0.0349. The zero-order chi connectivity index (χ0) is 34.3. The van der Waals surface area contributed by atoms with Crippen molar-refractivity contribution < 1.29 is 29.0 Å². The lowest BCUT2D eigenvalue weighted by molar-refractivity contribution is -0.163. The first-order valence-corrected chi connectivity index (χ1v) is 17.7. The molecule has 0 unspecified atom stereocenters. The Hall–Kier alpha value is -4.38. The number of hydrogen-bond acceptors (Lipinski definition) is 7. The molecule has 5 aliphatic rings. The molecule has 3 N–H and O–H groups in total. The summed E-state index contributed by atoms with van der Waals surface area (Å²) in [7, 11) is 3.15. The summed E-state index contributed by atoms with van der Waals surface area (Å²) in [6, 6.07) is 12.7. The van der Waals surface area contributed by atoms with Crippen LogP contribution in [0.5, 0.6) is 11.5 Å². The number of likely N-dealkylation sites (tertiary alicyclic amines) is 1. The van der Waals surface area contributed by atoms with Crippen LogP contribution in [0.15, 0.2) is 42.5 Å². The Labute approximate surface area is 287 Å². The van der Waals surface area contributed by atoms with Gasteiger partial charge in [0.25, 0.3) is 5.91 Å². The molecule has 3 aromatic rings. The zero-order valence-corrected chi connectivity index (χ0v) is 28.7. The van der Waals surface area contributed by atoms with Crippen LogP contribution in [0, 0.1) is 30.6 Å². The van der Waals surface area contributed by atoms with Crippen molar-refractivity contribution in [3.05, 3.63) is 53.7 Å². The second-order valence-corrected chi connectivity index (χ2v) is 14.5. The highest BCUT2D eigenvalue weighted by Crippen LogP contribution is 2.58. The lowest BCUT2D eigenvalue weighted by atomic mass is 9.48. The molecule has 1 aliphatic heterocycles. The van der Waals surface area contributed by atoms with Crippen molar-refractivity contribution in [3.8, 4) is 28.4 Å². The molecule has 1 saturated heterocycles. The Morgan fingerprint density at radius 1 is 0.918 bits per heavy atom. The van der Waals surface area contributed by atoms with Crippen molar-refractivity contribution in [3.63, 3.8) is 0 Å². The van der Waals surface area contributed by atoms with Gasteiger partial charge in [0.2, 0.25) is 5.91 Å². The predicted octanol–water partition coefficient (Wildman–Crippen LogP) is 5.69. The number of aryl methyl sites for hydroxylation is 1. The van der Waals surface area contributed by atoms with Gasteiger partial charge in [-0.05, 0) is 131 Å². The third-order valence-electron chi connectivity index (χ3n) is 11.5. The average molecular weight is 670 g/mol. The lowest BCUT2D eigenvalue weighted by Crippen LogP contribution is -2.70. The number of ether oxygens (including phenoxy) is 2. The number of hydrogen-bond donors (Lipinski definition) is 3. The number of aromatic nitrogens is 2. The van der Waals surface area contributed by atoms with E-state index >= 15 is 0 Å². The second-order valence-electron chi connectivity index (χ2n) is 14.5. The van der Waals surface area contributed by atoms with Gasteiger partial charge in [0.05, 0.1) is 31.2 Å². The van der Waals surface area contributed by atoms with Crippen molar-refractivity contribution in [2.75, 3.05) is 39.2 Å². The predicted molar refractivity (Wildman–Crippen MR) is 185 cm³/mol. The molecular weight excluding hydrogens is 622 g/mol. The molecule has 0 radical (unpaired) electrons. The number of anilines is 1. The van der Waals surface area contributed by atoms with Crippen molar-refractivity contribution in [2.24, 2.45) is 23.7 Å². The highest BCUT2D eigenvalue weighted by Gasteiger charge is 2.62. The number of piperidine rings is 1. The van der Waals surface area contributed by atoms with Gasteiger partial charge in [0, 0.05) is 18.7 Å². The molecule has 5 fully saturated rings. The quantitative estimate of drug-likeness (QED) is 0.237. The molecular formula is C38H47N5O6. The summed E-state index contributed by atoms with van der Waals surface area (Å²) in [6.07, 6.45) is 8.55. The first kappa shape index (κ1) is 33.1. The average Bonchev–Trinajstić information content (AvgIpc) is 3.53. The number of aliphatic carboxylic acids is 1. The van der Waals surface area contributed by atoms with Gasteiger partial charge in [-0.1, -0.05) is 12.5 Å². The van der Waals surface area contributed by atoms with Gasteiger partial charge < -0.3 is 30.1 Å². The van der Waals surface area contributed by atoms with E-state index < -0.39 is 17.4 Å². The molecule has 11 heteroatoms. The Balaban J connectivity index is 1.21. The van der Waals surface area contributed by atoms with E-state index in [-0.39, 0.29) is 23.4 Å².